The van der Waals surface area contributed by atoms with E-state index >= 15 is 0 Å². The molecule has 3 aromatic carbocycles. The molecule has 1 heterocycles. The Morgan fingerprint density at radius 1 is 0.774 bits per heavy atom. The van der Waals surface area contributed by atoms with Gasteiger partial charge in [0.25, 0.3) is 0 Å². The van der Waals surface area contributed by atoms with Crippen molar-refractivity contribution < 1.29 is 9.13 Å². The van der Waals surface area contributed by atoms with E-state index in [9.17, 15) is 4.39 Å². The van der Waals surface area contributed by atoms with Gasteiger partial charge in [-0.15, -0.1) is 0 Å². The first-order valence-electron chi connectivity index (χ1n) is 10.5. The second kappa shape index (κ2) is 10.1. The lowest BCUT2D eigenvalue weighted by molar-refractivity contribution is 0.241. The molecule has 0 N–H and O–H groups in total. The summed E-state index contributed by atoms with van der Waals surface area (Å²) in [5.41, 5.74) is 4.31. The molecule has 0 radical (unpaired) electrons. The third-order valence-corrected chi connectivity index (χ3v) is 5.40. The minimum atomic E-state index is -0.167. The average molecular weight is 415 g/mol. The van der Waals surface area contributed by atoms with E-state index in [0.29, 0.717) is 12.1 Å². The molecule has 0 bridgehead atoms. The van der Waals surface area contributed by atoms with E-state index < -0.39 is 0 Å². The molecule has 0 saturated heterocycles. The van der Waals surface area contributed by atoms with E-state index in [4.69, 9.17) is 4.74 Å². The fourth-order valence-electron chi connectivity index (χ4n) is 3.82. The Bertz CT molecular complexity index is 1110. The summed E-state index contributed by atoms with van der Waals surface area (Å²) in [6.07, 6.45) is 2.02. The molecule has 158 valence electrons. The quantitative estimate of drug-likeness (QED) is 0.340. The number of hydrogen-bond acceptors (Lipinski definition) is 2. The van der Waals surface area contributed by atoms with Crippen LogP contribution >= 0.6 is 0 Å². The van der Waals surface area contributed by atoms with Crippen molar-refractivity contribution in [2.75, 3.05) is 7.11 Å². The second-order valence-corrected chi connectivity index (χ2v) is 7.70. The van der Waals surface area contributed by atoms with E-state index in [1.807, 2.05) is 42.6 Å². The van der Waals surface area contributed by atoms with Gasteiger partial charge in [0, 0.05) is 37.1 Å². The minimum Gasteiger partial charge on any atom is -0.497 e. The van der Waals surface area contributed by atoms with Crippen LogP contribution in [-0.4, -0.2) is 16.6 Å². The number of hydrogen-bond donors (Lipinski definition) is 0. The SMILES string of the molecule is COc1cccc(CN(Cc2ccccc2)Cc2cccn2Cc2ccccc2F)c1. The van der Waals surface area contributed by atoms with E-state index in [0.717, 1.165) is 31.1 Å². The van der Waals surface area contributed by atoms with Gasteiger partial charge in [0.05, 0.1) is 13.7 Å². The van der Waals surface area contributed by atoms with Gasteiger partial charge >= 0.3 is 0 Å². The fraction of sp³-hybridized carbons (Fsp3) is 0.185. The van der Waals surface area contributed by atoms with Crippen LogP contribution in [0.2, 0.25) is 0 Å². The molecule has 0 spiro atoms. The van der Waals surface area contributed by atoms with Crippen LogP contribution < -0.4 is 4.74 Å². The van der Waals surface area contributed by atoms with Crippen LogP contribution in [0.15, 0.2) is 97.2 Å². The molecule has 3 nitrogen and oxygen atoms in total. The van der Waals surface area contributed by atoms with E-state index in [2.05, 4.69) is 51.9 Å². The molecule has 4 aromatic rings. The molecule has 0 atom stereocenters. The van der Waals surface area contributed by atoms with Gasteiger partial charge in [-0.2, -0.15) is 0 Å². The highest BCUT2D eigenvalue weighted by atomic mass is 19.1. The Morgan fingerprint density at radius 2 is 1.52 bits per heavy atom. The lowest BCUT2D eigenvalue weighted by atomic mass is 10.1. The molecule has 1 aromatic heterocycles. The van der Waals surface area contributed by atoms with Crippen molar-refractivity contribution in [2.24, 2.45) is 0 Å². The molecule has 0 saturated carbocycles. The highest BCUT2D eigenvalue weighted by Crippen LogP contribution is 2.19. The molecule has 31 heavy (non-hydrogen) atoms. The normalized spacial score (nSPS) is 11.1. The Balaban J connectivity index is 1.56. The van der Waals surface area contributed by atoms with Gasteiger partial charge < -0.3 is 9.30 Å². The summed E-state index contributed by atoms with van der Waals surface area (Å²) in [4.78, 5) is 2.40. The van der Waals surface area contributed by atoms with Crippen LogP contribution in [0, 0.1) is 5.82 Å². The van der Waals surface area contributed by atoms with Crippen molar-refractivity contribution in [3.63, 3.8) is 0 Å². The van der Waals surface area contributed by atoms with Gasteiger partial charge in [0.1, 0.15) is 11.6 Å². The lowest BCUT2D eigenvalue weighted by Crippen LogP contribution is -2.24. The number of aromatic nitrogens is 1. The molecular formula is C27H27FN2O. The lowest BCUT2D eigenvalue weighted by Gasteiger charge is -2.24. The predicted molar refractivity (Wildman–Crippen MR) is 122 cm³/mol. The van der Waals surface area contributed by atoms with Crippen LogP contribution in [0.1, 0.15) is 22.4 Å². The van der Waals surface area contributed by atoms with Crippen molar-refractivity contribution in [3.8, 4) is 5.75 Å². The largest absolute Gasteiger partial charge is 0.497 e. The summed E-state index contributed by atoms with van der Waals surface area (Å²) in [7, 11) is 1.69. The maximum absolute atomic E-state index is 14.2. The van der Waals surface area contributed by atoms with Crippen LogP contribution in [0.25, 0.3) is 0 Å². The number of nitrogens with zero attached hydrogens (tertiary/aromatic N) is 2. The Labute approximate surface area is 183 Å². The van der Waals surface area contributed by atoms with Gasteiger partial charge in [0.2, 0.25) is 0 Å². The first-order valence-corrected chi connectivity index (χ1v) is 10.5. The Morgan fingerprint density at radius 3 is 2.32 bits per heavy atom. The van der Waals surface area contributed by atoms with Crippen molar-refractivity contribution in [2.45, 2.75) is 26.2 Å². The van der Waals surface area contributed by atoms with Crippen LogP contribution in [0.3, 0.4) is 0 Å². The molecule has 0 fully saturated rings. The van der Waals surface area contributed by atoms with Crippen LogP contribution in [0.4, 0.5) is 4.39 Å². The van der Waals surface area contributed by atoms with Gasteiger partial charge in [-0.05, 0) is 41.5 Å². The monoisotopic (exact) mass is 414 g/mol. The van der Waals surface area contributed by atoms with Crippen molar-refractivity contribution in [1.82, 2.24) is 9.47 Å². The van der Waals surface area contributed by atoms with E-state index in [1.165, 1.54) is 17.2 Å². The first kappa shape index (κ1) is 20.9. The molecule has 0 amide bonds. The highest BCUT2D eigenvalue weighted by molar-refractivity contribution is 5.28. The zero-order chi connectivity index (χ0) is 21.5. The molecule has 0 unspecified atom stereocenters. The summed E-state index contributed by atoms with van der Waals surface area (Å²) >= 11 is 0. The fourth-order valence-corrected chi connectivity index (χ4v) is 3.82. The number of halogens is 1. The maximum atomic E-state index is 14.2. The van der Waals surface area contributed by atoms with Gasteiger partial charge in [-0.1, -0.05) is 60.7 Å². The third kappa shape index (κ3) is 5.62. The molecule has 4 rings (SSSR count). The summed E-state index contributed by atoms with van der Waals surface area (Å²) in [6, 6.07) is 29.8. The molecule has 0 aliphatic heterocycles. The third-order valence-electron chi connectivity index (χ3n) is 5.40. The standard InChI is InChI=1S/C27H27FN2O/c1-31-26-14-7-11-23(17-26)19-29(18-22-9-3-2-4-10-22)21-25-13-8-16-30(25)20-24-12-5-6-15-27(24)28/h2-17H,18-21H2,1H3. The van der Waals surface area contributed by atoms with Gasteiger partial charge in [-0.25, -0.2) is 4.39 Å². The summed E-state index contributed by atoms with van der Waals surface area (Å²) in [5, 5.41) is 0. The molecule has 0 aliphatic carbocycles. The zero-order valence-corrected chi connectivity index (χ0v) is 17.7. The summed E-state index contributed by atoms with van der Waals surface area (Å²) in [6.45, 7) is 2.89. The minimum absolute atomic E-state index is 0.167. The van der Waals surface area contributed by atoms with Gasteiger partial charge in [0.15, 0.2) is 0 Å². The first-order chi connectivity index (χ1) is 15.2. The number of methoxy groups -OCH3 is 1. The maximum Gasteiger partial charge on any atom is 0.128 e. The second-order valence-electron chi connectivity index (χ2n) is 7.70. The van der Waals surface area contributed by atoms with Crippen molar-refractivity contribution in [1.29, 1.82) is 0 Å². The molecular weight excluding hydrogens is 387 g/mol. The molecule has 4 heteroatoms. The zero-order valence-electron chi connectivity index (χ0n) is 17.7. The highest BCUT2D eigenvalue weighted by Gasteiger charge is 2.13. The Kier molecular flexibility index (Phi) is 6.80. The van der Waals surface area contributed by atoms with E-state index in [-0.39, 0.29) is 5.82 Å². The van der Waals surface area contributed by atoms with Crippen LogP contribution in [-0.2, 0) is 26.2 Å². The molecule has 0 aliphatic rings. The number of rotatable bonds is 9. The Hall–Kier alpha value is -3.37. The summed E-state index contributed by atoms with van der Waals surface area (Å²) in [5.74, 6) is 0.694. The van der Waals surface area contributed by atoms with Crippen molar-refractivity contribution in [3.05, 3.63) is 125 Å². The topological polar surface area (TPSA) is 17.4 Å². The smallest absolute Gasteiger partial charge is 0.128 e. The van der Waals surface area contributed by atoms with Gasteiger partial charge in [-0.3, -0.25) is 4.90 Å². The summed E-state index contributed by atoms with van der Waals surface area (Å²) < 4.78 is 21.7. The van der Waals surface area contributed by atoms with Crippen molar-refractivity contribution >= 4 is 0 Å². The average Bonchev–Trinajstić information content (AvgIpc) is 3.22. The number of ether oxygens (including phenoxy) is 1. The predicted octanol–water partition coefficient (Wildman–Crippen LogP) is 5.89. The number of benzene rings is 3. The van der Waals surface area contributed by atoms with E-state index in [1.54, 1.807) is 13.2 Å². The van der Waals surface area contributed by atoms with Crippen LogP contribution in [0.5, 0.6) is 5.75 Å².